The van der Waals surface area contributed by atoms with Crippen LogP contribution in [-0.2, 0) is 10.4 Å². The molecule has 4 nitrogen and oxygen atoms in total. The molecule has 17 heavy (non-hydrogen) atoms. The van der Waals surface area contributed by atoms with E-state index in [0.29, 0.717) is 5.58 Å². The maximum absolute atomic E-state index is 10.6. The van der Waals surface area contributed by atoms with E-state index in [0.717, 1.165) is 9.86 Å². The Morgan fingerprint density at radius 2 is 2.18 bits per heavy atom. The van der Waals surface area contributed by atoms with E-state index in [1.165, 1.54) is 6.92 Å². The number of carbonyl (C=O) groups is 1. The smallest absolute Gasteiger partial charge is 0.306 e. The van der Waals surface area contributed by atoms with Crippen molar-refractivity contribution in [3.63, 3.8) is 0 Å². The average molecular weight is 299 g/mol. The van der Waals surface area contributed by atoms with Gasteiger partial charge in [-0.05, 0) is 31.2 Å². The summed E-state index contributed by atoms with van der Waals surface area (Å²) in [7, 11) is 0. The first-order chi connectivity index (χ1) is 7.88. The summed E-state index contributed by atoms with van der Waals surface area (Å²) in [5.41, 5.74) is -0.883. The number of hydrogen-bond donors (Lipinski definition) is 2. The Hall–Kier alpha value is -1.33. The van der Waals surface area contributed by atoms with Crippen LogP contribution in [0.1, 0.15) is 19.1 Å². The predicted octanol–water partition coefficient (Wildman–Crippen LogP) is 2.88. The Morgan fingerprint density at radius 3 is 2.82 bits per heavy atom. The fourth-order valence-electron chi connectivity index (χ4n) is 1.66. The molecule has 1 atom stereocenters. The SMILES string of the molecule is CC(O)(CC(=O)O)c1cc2cc(Br)ccc2o1. The standard InChI is InChI=1S/C12H11BrO4/c1-12(16,6-11(14)15)10-5-7-4-8(13)2-3-9(7)17-10/h2-5,16H,6H2,1H3,(H,14,15). The first-order valence-corrected chi connectivity index (χ1v) is 5.81. The lowest BCUT2D eigenvalue weighted by Crippen LogP contribution is -2.24. The molecule has 0 aliphatic heterocycles. The third kappa shape index (κ3) is 2.50. The van der Waals surface area contributed by atoms with Gasteiger partial charge in [-0.25, -0.2) is 0 Å². The molecular weight excluding hydrogens is 288 g/mol. The molecule has 2 rings (SSSR count). The van der Waals surface area contributed by atoms with Crippen LogP contribution in [0.4, 0.5) is 0 Å². The Labute approximate surface area is 106 Å². The van der Waals surface area contributed by atoms with Gasteiger partial charge in [0.15, 0.2) is 0 Å². The Bertz CT molecular complexity index is 571. The van der Waals surface area contributed by atoms with Gasteiger partial charge in [0.1, 0.15) is 16.9 Å². The van der Waals surface area contributed by atoms with E-state index >= 15 is 0 Å². The minimum absolute atomic E-state index is 0.257. The van der Waals surface area contributed by atoms with Crippen LogP contribution < -0.4 is 0 Å². The van der Waals surface area contributed by atoms with Crippen molar-refractivity contribution >= 4 is 32.9 Å². The molecule has 0 bridgehead atoms. The van der Waals surface area contributed by atoms with Crippen LogP contribution in [0.25, 0.3) is 11.0 Å². The Balaban J connectivity index is 2.45. The number of benzene rings is 1. The van der Waals surface area contributed by atoms with Crippen LogP contribution in [0.2, 0.25) is 0 Å². The van der Waals surface area contributed by atoms with E-state index in [9.17, 15) is 9.90 Å². The normalized spacial score (nSPS) is 14.8. The molecule has 0 spiro atoms. The maximum atomic E-state index is 10.6. The number of furan rings is 1. The number of halogens is 1. The molecular formula is C12H11BrO4. The molecule has 0 radical (unpaired) electrons. The van der Waals surface area contributed by atoms with Crippen molar-refractivity contribution in [3.8, 4) is 0 Å². The fraction of sp³-hybridized carbons (Fsp3) is 0.250. The van der Waals surface area contributed by atoms with Gasteiger partial charge in [-0.3, -0.25) is 4.79 Å². The topological polar surface area (TPSA) is 70.7 Å². The zero-order valence-electron chi connectivity index (χ0n) is 9.11. The number of aliphatic carboxylic acids is 1. The van der Waals surface area contributed by atoms with Crippen LogP contribution in [0.3, 0.4) is 0 Å². The lowest BCUT2D eigenvalue weighted by molar-refractivity contribution is -0.142. The fourth-order valence-corrected chi connectivity index (χ4v) is 2.04. The van der Waals surface area contributed by atoms with Crippen molar-refractivity contribution in [1.82, 2.24) is 0 Å². The van der Waals surface area contributed by atoms with Gasteiger partial charge in [0.25, 0.3) is 0 Å². The van der Waals surface area contributed by atoms with Gasteiger partial charge in [0, 0.05) is 9.86 Å². The second-order valence-corrected chi connectivity index (χ2v) is 5.05. The van der Waals surface area contributed by atoms with Crippen molar-refractivity contribution in [1.29, 1.82) is 0 Å². The molecule has 2 aromatic rings. The zero-order valence-corrected chi connectivity index (χ0v) is 10.7. The van der Waals surface area contributed by atoms with Gasteiger partial charge in [-0.15, -0.1) is 0 Å². The first-order valence-electron chi connectivity index (χ1n) is 5.02. The highest BCUT2D eigenvalue weighted by Crippen LogP contribution is 2.31. The van der Waals surface area contributed by atoms with Crippen LogP contribution in [-0.4, -0.2) is 16.2 Å². The van der Waals surface area contributed by atoms with E-state index < -0.39 is 18.0 Å². The molecule has 1 aromatic heterocycles. The minimum Gasteiger partial charge on any atom is -0.481 e. The largest absolute Gasteiger partial charge is 0.481 e. The third-order valence-electron chi connectivity index (χ3n) is 2.50. The summed E-state index contributed by atoms with van der Waals surface area (Å²) in [6.45, 7) is 1.42. The van der Waals surface area contributed by atoms with E-state index in [2.05, 4.69) is 15.9 Å². The van der Waals surface area contributed by atoms with E-state index in [1.807, 2.05) is 12.1 Å². The molecule has 1 unspecified atom stereocenters. The lowest BCUT2D eigenvalue weighted by atomic mass is 9.99. The summed E-state index contributed by atoms with van der Waals surface area (Å²) in [5, 5.41) is 19.6. The highest BCUT2D eigenvalue weighted by Gasteiger charge is 2.30. The molecule has 5 heteroatoms. The monoisotopic (exact) mass is 298 g/mol. The number of carboxylic acids is 1. The summed E-state index contributed by atoms with van der Waals surface area (Å²) >= 11 is 3.33. The van der Waals surface area contributed by atoms with Crippen LogP contribution in [0.15, 0.2) is 33.2 Å². The van der Waals surface area contributed by atoms with Crippen molar-refractivity contribution < 1.29 is 19.4 Å². The summed E-state index contributed by atoms with van der Waals surface area (Å²) < 4.78 is 6.35. The quantitative estimate of drug-likeness (QED) is 0.914. The van der Waals surface area contributed by atoms with Gasteiger partial charge >= 0.3 is 5.97 Å². The molecule has 0 aliphatic rings. The van der Waals surface area contributed by atoms with Crippen molar-refractivity contribution in [2.75, 3.05) is 0 Å². The van der Waals surface area contributed by atoms with E-state index in [-0.39, 0.29) is 5.76 Å². The number of aliphatic hydroxyl groups is 1. The second-order valence-electron chi connectivity index (χ2n) is 4.14. The number of carboxylic acid groups (broad SMARTS) is 1. The minimum atomic E-state index is -1.50. The van der Waals surface area contributed by atoms with Crippen molar-refractivity contribution in [3.05, 3.63) is 34.5 Å². The molecule has 0 amide bonds. The lowest BCUT2D eigenvalue weighted by Gasteiger charge is -2.17. The molecule has 2 N–H and O–H groups in total. The molecule has 1 aromatic carbocycles. The average Bonchev–Trinajstić information content (AvgIpc) is 2.58. The van der Waals surface area contributed by atoms with Crippen molar-refractivity contribution in [2.24, 2.45) is 0 Å². The summed E-state index contributed by atoms with van der Waals surface area (Å²) in [5.74, 6) is -0.815. The molecule has 0 fully saturated rings. The van der Waals surface area contributed by atoms with Crippen LogP contribution in [0.5, 0.6) is 0 Å². The highest BCUT2D eigenvalue weighted by atomic mass is 79.9. The Kier molecular flexibility index (Phi) is 2.97. The van der Waals surface area contributed by atoms with Gasteiger partial charge in [0.2, 0.25) is 0 Å². The van der Waals surface area contributed by atoms with Gasteiger partial charge in [0.05, 0.1) is 6.42 Å². The number of rotatable bonds is 3. The maximum Gasteiger partial charge on any atom is 0.306 e. The molecule has 90 valence electrons. The second kappa shape index (κ2) is 4.16. The molecule has 0 aliphatic carbocycles. The van der Waals surface area contributed by atoms with Crippen LogP contribution in [0, 0.1) is 0 Å². The molecule has 1 heterocycles. The van der Waals surface area contributed by atoms with Crippen molar-refractivity contribution in [2.45, 2.75) is 18.9 Å². The van der Waals surface area contributed by atoms with Gasteiger partial charge in [-0.1, -0.05) is 15.9 Å². The predicted molar refractivity (Wildman–Crippen MR) is 65.7 cm³/mol. The number of fused-ring (bicyclic) bond motifs is 1. The van der Waals surface area contributed by atoms with Gasteiger partial charge in [-0.2, -0.15) is 0 Å². The van der Waals surface area contributed by atoms with Crippen LogP contribution >= 0.6 is 15.9 Å². The Morgan fingerprint density at radius 1 is 1.47 bits per heavy atom. The summed E-state index contributed by atoms with van der Waals surface area (Å²) in [6, 6.07) is 7.09. The molecule has 0 saturated carbocycles. The summed E-state index contributed by atoms with van der Waals surface area (Å²) in [6.07, 6.45) is -0.395. The van der Waals surface area contributed by atoms with Gasteiger partial charge < -0.3 is 14.6 Å². The first kappa shape index (κ1) is 12.1. The number of hydrogen-bond acceptors (Lipinski definition) is 3. The highest BCUT2D eigenvalue weighted by molar-refractivity contribution is 9.10. The molecule has 0 saturated heterocycles. The van der Waals surface area contributed by atoms with E-state index in [1.54, 1.807) is 12.1 Å². The summed E-state index contributed by atoms with van der Waals surface area (Å²) in [4.78, 5) is 10.6. The zero-order chi connectivity index (χ0) is 12.6. The third-order valence-corrected chi connectivity index (χ3v) is 3.00. The van der Waals surface area contributed by atoms with E-state index in [4.69, 9.17) is 9.52 Å².